The average molecular weight is 142 g/mol. The lowest BCUT2D eigenvalue weighted by Crippen LogP contribution is -2.17. The van der Waals surface area contributed by atoms with E-state index in [0.29, 0.717) is 6.42 Å². The molecule has 1 unspecified atom stereocenters. The quantitative estimate of drug-likeness (QED) is 0.635. The molecular formula is C8H14O2. The van der Waals surface area contributed by atoms with Gasteiger partial charge in [0.1, 0.15) is 11.5 Å². The number of unbranched alkanes of at least 4 members (excludes halogenated alkanes) is 1. The van der Waals surface area contributed by atoms with Crippen LogP contribution in [0.5, 0.6) is 0 Å². The molecule has 0 aromatic carbocycles. The summed E-state index contributed by atoms with van der Waals surface area (Å²) in [6.45, 7) is 2.12. The summed E-state index contributed by atoms with van der Waals surface area (Å²) in [7, 11) is 0. The van der Waals surface area contributed by atoms with Crippen LogP contribution in [0.3, 0.4) is 0 Å². The van der Waals surface area contributed by atoms with Crippen LogP contribution in [0.4, 0.5) is 0 Å². The first kappa shape index (κ1) is 7.45. The second-order valence-corrected chi connectivity index (χ2v) is 2.88. The van der Waals surface area contributed by atoms with Gasteiger partial charge in [0, 0.05) is 12.3 Å². The molecule has 0 bridgehead atoms. The van der Waals surface area contributed by atoms with Crippen molar-refractivity contribution in [2.75, 3.05) is 0 Å². The van der Waals surface area contributed by atoms with Gasteiger partial charge >= 0.3 is 0 Å². The smallest absolute Gasteiger partial charge is 0.133 e. The number of hydrogen-bond acceptors (Lipinski definition) is 2. The maximum Gasteiger partial charge on any atom is 0.133 e. The van der Waals surface area contributed by atoms with Crippen molar-refractivity contribution >= 4 is 0 Å². The van der Waals surface area contributed by atoms with Gasteiger partial charge in [0.25, 0.3) is 0 Å². The second-order valence-electron chi connectivity index (χ2n) is 2.88. The summed E-state index contributed by atoms with van der Waals surface area (Å²) < 4.78 is 0. The van der Waals surface area contributed by atoms with E-state index in [1.165, 1.54) is 0 Å². The molecule has 0 spiro atoms. The van der Waals surface area contributed by atoms with Gasteiger partial charge in [-0.05, 0) is 6.42 Å². The Morgan fingerprint density at radius 1 is 1.50 bits per heavy atom. The monoisotopic (exact) mass is 142 g/mol. The molecule has 10 heavy (non-hydrogen) atoms. The van der Waals surface area contributed by atoms with Gasteiger partial charge in [0.05, 0.1) is 0 Å². The van der Waals surface area contributed by atoms with Gasteiger partial charge in [0.15, 0.2) is 0 Å². The molecule has 58 valence electrons. The van der Waals surface area contributed by atoms with Crippen LogP contribution in [0.25, 0.3) is 0 Å². The molecule has 0 radical (unpaired) electrons. The number of aliphatic hydroxyl groups excluding tert-OH is 2. The molecule has 2 nitrogen and oxygen atoms in total. The molecule has 0 heterocycles. The van der Waals surface area contributed by atoms with E-state index in [9.17, 15) is 0 Å². The highest BCUT2D eigenvalue weighted by Crippen LogP contribution is 2.34. The Kier molecular flexibility index (Phi) is 2.20. The topological polar surface area (TPSA) is 40.5 Å². The molecule has 0 saturated heterocycles. The zero-order valence-electron chi connectivity index (χ0n) is 6.30. The van der Waals surface area contributed by atoms with E-state index in [0.717, 1.165) is 19.3 Å². The fraction of sp³-hybridized carbons (Fsp3) is 0.750. The summed E-state index contributed by atoms with van der Waals surface area (Å²) in [4.78, 5) is 0. The summed E-state index contributed by atoms with van der Waals surface area (Å²) in [5.41, 5.74) is 0. The van der Waals surface area contributed by atoms with Crippen molar-refractivity contribution in [3.63, 3.8) is 0 Å². The molecule has 1 aliphatic rings. The van der Waals surface area contributed by atoms with Crippen molar-refractivity contribution in [3.8, 4) is 0 Å². The van der Waals surface area contributed by atoms with Crippen LogP contribution in [0.1, 0.15) is 32.6 Å². The van der Waals surface area contributed by atoms with E-state index >= 15 is 0 Å². The predicted octanol–water partition coefficient (Wildman–Crippen LogP) is 2.52. The van der Waals surface area contributed by atoms with Crippen molar-refractivity contribution < 1.29 is 10.2 Å². The lowest BCUT2D eigenvalue weighted by molar-refractivity contribution is 0.188. The summed E-state index contributed by atoms with van der Waals surface area (Å²) in [5, 5.41) is 17.8. The average Bonchev–Trinajstić information content (AvgIpc) is 1.97. The van der Waals surface area contributed by atoms with Crippen molar-refractivity contribution in [3.05, 3.63) is 11.5 Å². The third kappa shape index (κ3) is 1.25. The van der Waals surface area contributed by atoms with E-state index in [1.807, 2.05) is 0 Å². The molecule has 1 atom stereocenters. The molecule has 2 heteroatoms. The van der Waals surface area contributed by atoms with Crippen LogP contribution in [-0.4, -0.2) is 10.2 Å². The molecular weight excluding hydrogens is 128 g/mol. The molecule has 0 aromatic heterocycles. The zero-order valence-corrected chi connectivity index (χ0v) is 6.30. The number of allylic oxidation sites excluding steroid dienone is 2. The summed E-state index contributed by atoms with van der Waals surface area (Å²) >= 11 is 0. The van der Waals surface area contributed by atoms with Gasteiger partial charge in [-0.2, -0.15) is 0 Å². The minimum Gasteiger partial charge on any atom is -0.509 e. The molecule has 0 amide bonds. The Morgan fingerprint density at radius 2 is 2.20 bits per heavy atom. The van der Waals surface area contributed by atoms with Crippen LogP contribution < -0.4 is 0 Å². The first-order chi connectivity index (χ1) is 4.75. The second kappa shape index (κ2) is 2.95. The number of rotatable bonds is 3. The Morgan fingerprint density at radius 3 is 2.60 bits per heavy atom. The Balaban J connectivity index is 2.23. The van der Waals surface area contributed by atoms with Crippen LogP contribution in [0.2, 0.25) is 0 Å². The van der Waals surface area contributed by atoms with Crippen molar-refractivity contribution in [2.45, 2.75) is 32.6 Å². The fourth-order valence-electron chi connectivity index (χ4n) is 1.23. The zero-order chi connectivity index (χ0) is 7.56. The van der Waals surface area contributed by atoms with E-state index < -0.39 is 0 Å². The normalized spacial score (nSPS) is 24.7. The first-order valence-electron chi connectivity index (χ1n) is 3.86. The highest BCUT2D eigenvalue weighted by Gasteiger charge is 2.28. The van der Waals surface area contributed by atoms with Crippen LogP contribution >= 0.6 is 0 Å². The minimum absolute atomic E-state index is 0.195. The van der Waals surface area contributed by atoms with Crippen molar-refractivity contribution in [1.82, 2.24) is 0 Å². The minimum atomic E-state index is 0.195. The molecule has 0 fully saturated rings. The highest BCUT2D eigenvalue weighted by molar-refractivity contribution is 5.15. The van der Waals surface area contributed by atoms with Crippen LogP contribution in [0.15, 0.2) is 11.5 Å². The van der Waals surface area contributed by atoms with Gasteiger partial charge in [0.2, 0.25) is 0 Å². The summed E-state index contributed by atoms with van der Waals surface area (Å²) in [6.07, 6.45) is 4.00. The maximum atomic E-state index is 9.03. The highest BCUT2D eigenvalue weighted by atomic mass is 16.3. The largest absolute Gasteiger partial charge is 0.509 e. The standard InChI is InChI=1S/C8H14O2/c1-2-3-4-6-5-7(9)8(6)10/h6,9-10H,2-5H2,1H3. The van der Waals surface area contributed by atoms with Crippen LogP contribution in [-0.2, 0) is 0 Å². The lowest BCUT2D eigenvalue weighted by Gasteiger charge is -2.24. The Bertz CT molecular complexity index is 149. The molecule has 0 saturated carbocycles. The molecule has 0 aliphatic heterocycles. The van der Waals surface area contributed by atoms with E-state index in [1.54, 1.807) is 0 Å². The molecule has 0 aromatic rings. The van der Waals surface area contributed by atoms with E-state index in [-0.39, 0.29) is 17.4 Å². The van der Waals surface area contributed by atoms with Gasteiger partial charge in [-0.1, -0.05) is 19.8 Å². The van der Waals surface area contributed by atoms with Crippen LogP contribution in [0, 0.1) is 5.92 Å². The van der Waals surface area contributed by atoms with Crippen molar-refractivity contribution in [2.24, 2.45) is 5.92 Å². The van der Waals surface area contributed by atoms with E-state index in [2.05, 4.69) is 6.92 Å². The molecule has 2 N–H and O–H groups in total. The number of hydrogen-bond donors (Lipinski definition) is 2. The van der Waals surface area contributed by atoms with Gasteiger partial charge in [-0.3, -0.25) is 0 Å². The summed E-state index contributed by atoms with van der Waals surface area (Å²) in [5.74, 6) is 0.689. The first-order valence-corrected chi connectivity index (χ1v) is 3.86. The third-order valence-corrected chi connectivity index (χ3v) is 2.03. The van der Waals surface area contributed by atoms with E-state index in [4.69, 9.17) is 10.2 Å². The molecule has 1 rings (SSSR count). The lowest BCUT2D eigenvalue weighted by atomic mass is 9.86. The maximum absolute atomic E-state index is 9.03. The third-order valence-electron chi connectivity index (χ3n) is 2.03. The van der Waals surface area contributed by atoms with Gasteiger partial charge in [-0.25, -0.2) is 0 Å². The Hall–Kier alpha value is -0.660. The number of aliphatic hydroxyl groups is 2. The predicted molar refractivity (Wildman–Crippen MR) is 39.9 cm³/mol. The summed E-state index contributed by atoms with van der Waals surface area (Å²) in [6, 6.07) is 0. The van der Waals surface area contributed by atoms with Gasteiger partial charge in [-0.15, -0.1) is 0 Å². The molecule has 1 aliphatic carbocycles. The SMILES string of the molecule is CCCCC1CC(O)=C1O. The van der Waals surface area contributed by atoms with Crippen molar-refractivity contribution in [1.29, 1.82) is 0 Å². The fourth-order valence-corrected chi connectivity index (χ4v) is 1.23. The van der Waals surface area contributed by atoms with Gasteiger partial charge < -0.3 is 10.2 Å². The Labute approximate surface area is 61.2 Å².